The maximum atomic E-state index is 14.7. The Hall–Kier alpha value is -3.87. The van der Waals surface area contributed by atoms with Crippen LogP contribution in [0.1, 0.15) is 25.1 Å². The van der Waals surface area contributed by atoms with Gasteiger partial charge in [0.25, 0.3) is 5.56 Å². The zero-order valence-electron chi connectivity index (χ0n) is 17.6. The lowest BCUT2D eigenvalue weighted by molar-refractivity contribution is -0.144. The van der Waals surface area contributed by atoms with E-state index in [-0.39, 0.29) is 20.6 Å². The van der Waals surface area contributed by atoms with Crippen LogP contribution < -0.4 is 16.0 Å². The van der Waals surface area contributed by atoms with Gasteiger partial charge in [0.1, 0.15) is 23.0 Å². The van der Waals surface area contributed by atoms with E-state index in [1.165, 1.54) is 0 Å². The summed E-state index contributed by atoms with van der Waals surface area (Å²) in [4.78, 5) is 28.3. The molecule has 0 aliphatic carbocycles. The molecule has 0 unspecified atom stereocenters. The van der Waals surface area contributed by atoms with Crippen molar-refractivity contribution in [3.63, 3.8) is 0 Å². The van der Waals surface area contributed by atoms with Gasteiger partial charge in [-0.3, -0.25) is 9.36 Å². The summed E-state index contributed by atoms with van der Waals surface area (Å²) >= 11 is 0. The molecule has 0 fully saturated rings. The minimum absolute atomic E-state index is 0.167. The van der Waals surface area contributed by atoms with Gasteiger partial charge in [-0.2, -0.15) is 13.2 Å². The predicted octanol–water partition coefficient (Wildman–Crippen LogP) is 5.37. The van der Waals surface area contributed by atoms with E-state index in [1.807, 2.05) is 13.8 Å². The van der Waals surface area contributed by atoms with E-state index in [2.05, 4.69) is 4.85 Å². The van der Waals surface area contributed by atoms with Crippen molar-refractivity contribution < 1.29 is 22.3 Å². The molecule has 0 aliphatic heterocycles. The van der Waals surface area contributed by atoms with Gasteiger partial charge in [0, 0.05) is 12.6 Å². The SMILES string of the molecule is CC.[C-]#[N+]c1cc(F)c(-n2c(=O)c(C)c(C(F)(F)F)n(C)c2=O)cc1Oc1ccccc1. The summed E-state index contributed by atoms with van der Waals surface area (Å²) in [6.45, 7) is 12.1. The molecule has 0 saturated heterocycles. The number of para-hydroxylation sites is 1. The molecule has 3 aromatic rings. The van der Waals surface area contributed by atoms with E-state index in [4.69, 9.17) is 11.3 Å². The van der Waals surface area contributed by atoms with Crippen LogP contribution in [0, 0.1) is 19.3 Å². The number of halogens is 4. The summed E-state index contributed by atoms with van der Waals surface area (Å²) in [6.07, 6.45) is -4.95. The molecule has 10 heteroatoms. The first-order valence-electron chi connectivity index (χ1n) is 9.40. The number of nitrogens with zero attached hydrogens (tertiary/aromatic N) is 3. The second-order valence-electron chi connectivity index (χ2n) is 6.25. The van der Waals surface area contributed by atoms with E-state index in [0.717, 1.165) is 26.1 Å². The maximum Gasteiger partial charge on any atom is 0.432 e. The Bertz CT molecular complexity index is 1250. The molecule has 168 valence electrons. The molecule has 6 nitrogen and oxygen atoms in total. The highest BCUT2D eigenvalue weighted by Crippen LogP contribution is 2.35. The fraction of sp³-hybridized carbons (Fsp3) is 0.227. The van der Waals surface area contributed by atoms with Crippen molar-refractivity contribution in [2.45, 2.75) is 26.9 Å². The Morgan fingerprint density at radius 1 is 1.06 bits per heavy atom. The Balaban J connectivity index is 0.00000176. The summed E-state index contributed by atoms with van der Waals surface area (Å²) < 4.78 is 60.5. The number of hydrogen-bond acceptors (Lipinski definition) is 3. The van der Waals surface area contributed by atoms with Crippen LogP contribution in [0.3, 0.4) is 0 Å². The van der Waals surface area contributed by atoms with E-state index >= 15 is 0 Å². The molecule has 1 aromatic heterocycles. The van der Waals surface area contributed by atoms with E-state index < -0.39 is 40.2 Å². The Labute approximate surface area is 180 Å². The minimum Gasteiger partial charge on any atom is -0.468 e. The maximum absolute atomic E-state index is 14.7. The zero-order chi connectivity index (χ0) is 24.2. The summed E-state index contributed by atoms with van der Waals surface area (Å²) in [6, 6.07) is 9.82. The Morgan fingerprint density at radius 3 is 2.19 bits per heavy atom. The summed E-state index contributed by atoms with van der Waals surface area (Å²) in [7, 11) is 0.834. The standard InChI is InChI=1S/C20H13F4N3O3.C2H6/c1-11-17(20(22,23)24)26(3)19(29)27(18(11)28)15-10-16(14(25-2)9-13(15)21)30-12-7-5-4-6-8-12;1-2/h4-10H,1,3H3;1-2H3. The number of alkyl halides is 3. The van der Waals surface area contributed by atoms with Gasteiger partial charge in [-0.1, -0.05) is 32.0 Å². The molecule has 1 heterocycles. The number of aromatic nitrogens is 2. The van der Waals surface area contributed by atoms with Crippen LogP contribution in [0.2, 0.25) is 0 Å². The molecule has 0 radical (unpaired) electrons. The third-order valence-electron chi connectivity index (χ3n) is 4.32. The summed E-state index contributed by atoms with van der Waals surface area (Å²) in [5.41, 5.74) is -5.79. The Morgan fingerprint density at radius 2 is 1.66 bits per heavy atom. The van der Waals surface area contributed by atoms with Crippen molar-refractivity contribution in [1.82, 2.24) is 9.13 Å². The number of benzene rings is 2. The van der Waals surface area contributed by atoms with Gasteiger partial charge < -0.3 is 4.74 Å². The zero-order valence-corrected chi connectivity index (χ0v) is 17.6. The third kappa shape index (κ3) is 4.56. The van der Waals surface area contributed by atoms with Crippen LogP contribution in [0.25, 0.3) is 10.5 Å². The van der Waals surface area contributed by atoms with Gasteiger partial charge >= 0.3 is 11.9 Å². The lowest BCUT2D eigenvalue weighted by Crippen LogP contribution is -2.43. The molecule has 0 atom stereocenters. The van der Waals surface area contributed by atoms with Crippen LogP contribution in [0.5, 0.6) is 11.5 Å². The van der Waals surface area contributed by atoms with Gasteiger partial charge in [0.15, 0.2) is 0 Å². The molecular formula is C22H19F4N3O3. The van der Waals surface area contributed by atoms with Crippen LogP contribution in [-0.4, -0.2) is 9.13 Å². The number of hydrogen-bond donors (Lipinski definition) is 0. The van der Waals surface area contributed by atoms with Crippen molar-refractivity contribution in [1.29, 1.82) is 0 Å². The van der Waals surface area contributed by atoms with Crippen LogP contribution >= 0.6 is 0 Å². The number of rotatable bonds is 3. The van der Waals surface area contributed by atoms with Gasteiger partial charge in [0.05, 0.1) is 12.3 Å². The lowest BCUT2D eigenvalue weighted by Gasteiger charge is -2.18. The number of ether oxygens (including phenoxy) is 1. The average molecular weight is 449 g/mol. The third-order valence-corrected chi connectivity index (χ3v) is 4.32. The molecule has 2 aromatic carbocycles. The van der Waals surface area contributed by atoms with Crippen molar-refractivity contribution in [3.8, 4) is 17.2 Å². The van der Waals surface area contributed by atoms with Crippen molar-refractivity contribution in [2.24, 2.45) is 7.05 Å². The fourth-order valence-electron chi connectivity index (χ4n) is 2.96. The van der Waals surface area contributed by atoms with Gasteiger partial charge in [-0.25, -0.2) is 18.6 Å². The average Bonchev–Trinajstić information content (AvgIpc) is 2.75. The highest BCUT2D eigenvalue weighted by atomic mass is 19.4. The first-order chi connectivity index (χ1) is 15.1. The predicted molar refractivity (Wildman–Crippen MR) is 111 cm³/mol. The lowest BCUT2D eigenvalue weighted by atomic mass is 10.2. The van der Waals surface area contributed by atoms with Crippen LogP contribution in [0.4, 0.5) is 23.2 Å². The topological polar surface area (TPSA) is 57.6 Å². The van der Waals surface area contributed by atoms with E-state index in [0.29, 0.717) is 5.75 Å². The van der Waals surface area contributed by atoms with Crippen molar-refractivity contribution >= 4 is 5.69 Å². The highest BCUT2D eigenvalue weighted by molar-refractivity contribution is 5.63. The van der Waals surface area contributed by atoms with Gasteiger partial charge in [0.2, 0.25) is 5.69 Å². The molecule has 0 saturated carbocycles. The quantitative estimate of drug-likeness (QED) is 0.399. The Kier molecular flexibility index (Phi) is 7.25. The first-order valence-corrected chi connectivity index (χ1v) is 9.40. The molecule has 0 N–H and O–H groups in total. The monoisotopic (exact) mass is 449 g/mol. The van der Waals surface area contributed by atoms with E-state index in [1.54, 1.807) is 30.3 Å². The van der Waals surface area contributed by atoms with Crippen LogP contribution in [-0.2, 0) is 13.2 Å². The minimum atomic E-state index is -4.95. The van der Waals surface area contributed by atoms with Gasteiger partial charge in [-0.05, 0) is 31.2 Å². The highest BCUT2D eigenvalue weighted by Gasteiger charge is 2.38. The van der Waals surface area contributed by atoms with Crippen molar-refractivity contribution in [2.75, 3.05) is 0 Å². The van der Waals surface area contributed by atoms with E-state index in [9.17, 15) is 27.2 Å². The molecular weight excluding hydrogens is 430 g/mol. The normalized spacial score (nSPS) is 10.7. The smallest absolute Gasteiger partial charge is 0.432 e. The largest absolute Gasteiger partial charge is 0.468 e. The summed E-state index contributed by atoms with van der Waals surface area (Å²) in [5.74, 6) is -1.01. The second kappa shape index (κ2) is 9.51. The fourth-order valence-corrected chi connectivity index (χ4v) is 2.96. The second-order valence-corrected chi connectivity index (χ2v) is 6.25. The molecule has 0 amide bonds. The first kappa shape index (κ1) is 24.4. The molecule has 32 heavy (non-hydrogen) atoms. The molecule has 0 aliphatic rings. The van der Waals surface area contributed by atoms with Crippen LogP contribution in [0.15, 0.2) is 52.1 Å². The van der Waals surface area contributed by atoms with Gasteiger partial charge in [-0.15, -0.1) is 0 Å². The molecule has 3 rings (SSSR count). The molecule has 0 bridgehead atoms. The molecule has 0 spiro atoms. The summed E-state index contributed by atoms with van der Waals surface area (Å²) in [5, 5.41) is 0. The van der Waals surface area contributed by atoms with Crippen molar-refractivity contribution in [3.05, 3.63) is 91.8 Å².